The van der Waals surface area contributed by atoms with Gasteiger partial charge in [0.15, 0.2) is 11.5 Å². The maximum absolute atomic E-state index is 13.3. The number of ether oxygens (including phenoxy) is 3. The summed E-state index contributed by atoms with van der Waals surface area (Å²) in [6.45, 7) is 10.7. The number of methoxy groups -OCH3 is 1. The fourth-order valence-corrected chi connectivity index (χ4v) is 3.54. The Morgan fingerprint density at radius 3 is 2.54 bits per heavy atom. The zero-order valence-corrected chi connectivity index (χ0v) is 21.5. The van der Waals surface area contributed by atoms with Gasteiger partial charge >= 0.3 is 12.1 Å². The van der Waals surface area contributed by atoms with Crippen LogP contribution in [0.1, 0.15) is 38.2 Å². The molecule has 0 fully saturated rings. The van der Waals surface area contributed by atoms with Gasteiger partial charge in [0.25, 0.3) is 0 Å². The van der Waals surface area contributed by atoms with Crippen LogP contribution < -0.4 is 15.4 Å². The van der Waals surface area contributed by atoms with E-state index >= 15 is 0 Å². The predicted octanol–water partition coefficient (Wildman–Crippen LogP) is 4.89. The Morgan fingerprint density at radius 1 is 1.22 bits per heavy atom. The molecule has 0 bridgehead atoms. The minimum atomic E-state index is -0.784. The SMILES string of the molecule is C=C(C#N)CN(C(=O)OC(C)(C)C)c1c(OC)ccc2ccc(-c3ncc(N)c(C(=O)OCC)n3)cc12. The van der Waals surface area contributed by atoms with E-state index in [0.717, 1.165) is 5.39 Å². The van der Waals surface area contributed by atoms with Crippen molar-refractivity contribution < 1.29 is 23.8 Å². The van der Waals surface area contributed by atoms with Crippen LogP contribution in [0.2, 0.25) is 0 Å². The van der Waals surface area contributed by atoms with Crippen LogP contribution in [0, 0.1) is 11.3 Å². The van der Waals surface area contributed by atoms with Gasteiger partial charge in [-0.15, -0.1) is 0 Å². The van der Waals surface area contributed by atoms with Crippen molar-refractivity contribution in [3.8, 4) is 23.2 Å². The number of nitrogens with zero attached hydrogens (tertiary/aromatic N) is 4. The summed E-state index contributed by atoms with van der Waals surface area (Å²) < 4.78 is 16.3. The summed E-state index contributed by atoms with van der Waals surface area (Å²) in [7, 11) is 1.48. The van der Waals surface area contributed by atoms with Crippen molar-refractivity contribution in [2.24, 2.45) is 0 Å². The van der Waals surface area contributed by atoms with E-state index in [9.17, 15) is 14.9 Å². The Bertz CT molecular complexity index is 1400. The molecule has 0 atom stereocenters. The first-order valence-corrected chi connectivity index (χ1v) is 11.5. The van der Waals surface area contributed by atoms with Crippen LogP contribution in [0.25, 0.3) is 22.2 Å². The van der Waals surface area contributed by atoms with Gasteiger partial charge in [0.1, 0.15) is 11.4 Å². The third-order valence-corrected chi connectivity index (χ3v) is 5.11. The number of anilines is 2. The fraction of sp³-hybridized carbons (Fsp3) is 0.296. The van der Waals surface area contributed by atoms with Crippen molar-refractivity contribution in [3.63, 3.8) is 0 Å². The number of aromatic nitrogens is 2. The number of carbonyl (C=O) groups is 2. The Hall–Kier alpha value is -4.65. The van der Waals surface area contributed by atoms with Crippen LogP contribution >= 0.6 is 0 Å². The third-order valence-electron chi connectivity index (χ3n) is 5.11. The van der Waals surface area contributed by atoms with Crippen LogP contribution in [-0.2, 0) is 9.47 Å². The first-order chi connectivity index (χ1) is 17.5. The molecule has 0 saturated heterocycles. The second kappa shape index (κ2) is 11.0. The van der Waals surface area contributed by atoms with E-state index < -0.39 is 17.7 Å². The summed E-state index contributed by atoms with van der Waals surface area (Å²) in [6, 6.07) is 10.9. The lowest BCUT2D eigenvalue weighted by atomic mass is 10.0. The quantitative estimate of drug-likeness (QED) is 0.352. The van der Waals surface area contributed by atoms with Crippen LogP contribution in [0.4, 0.5) is 16.2 Å². The first kappa shape index (κ1) is 26.9. The van der Waals surface area contributed by atoms with Crippen molar-refractivity contribution in [3.05, 3.63) is 54.4 Å². The molecule has 37 heavy (non-hydrogen) atoms. The lowest BCUT2D eigenvalue weighted by Gasteiger charge is -2.29. The summed E-state index contributed by atoms with van der Waals surface area (Å²) in [6.07, 6.45) is 0.670. The molecule has 192 valence electrons. The average Bonchev–Trinajstić information content (AvgIpc) is 2.85. The molecule has 0 saturated carbocycles. The summed E-state index contributed by atoms with van der Waals surface area (Å²) in [5.41, 5.74) is 6.26. The second-order valence-electron chi connectivity index (χ2n) is 9.05. The van der Waals surface area contributed by atoms with Crippen LogP contribution in [0.15, 0.2) is 48.7 Å². The molecule has 1 heterocycles. The number of hydrogen-bond donors (Lipinski definition) is 1. The molecule has 0 spiro atoms. The molecule has 10 nitrogen and oxygen atoms in total. The van der Waals surface area contributed by atoms with E-state index in [1.54, 1.807) is 45.9 Å². The molecule has 3 aromatic rings. The number of nitriles is 1. The number of rotatable bonds is 7. The molecular weight excluding hydrogens is 474 g/mol. The number of esters is 1. The monoisotopic (exact) mass is 503 g/mol. The van der Waals surface area contributed by atoms with Gasteiger partial charge < -0.3 is 19.9 Å². The zero-order chi connectivity index (χ0) is 27.3. The number of fused-ring (bicyclic) bond motifs is 1. The Kier molecular flexibility index (Phi) is 7.98. The van der Waals surface area contributed by atoms with Crippen molar-refractivity contribution >= 4 is 34.2 Å². The largest absolute Gasteiger partial charge is 0.495 e. The second-order valence-corrected chi connectivity index (χ2v) is 9.05. The average molecular weight is 504 g/mol. The maximum Gasteiger partial charge on any atom is 0.415 e. The Labute approximate surface area is 215 Å². The first-order valence-electron chi connectivity index (χ1n) is 11.5. The zero-order valence-electron chi connectivity index (χ0n) is 21.5. The van der Waals surface area contributed by atoms with Crippen molar-refractivity contribution in [1.82, 2.24) is 9.97 Å². The van der Waals surface area contributed by atoms with E-state index in [4.69, 9.17) is 19.9 Å². The summed E-state index contributed by atoms with van der Waals surface area (Å²) in [4.78, 5) is 35.5. The van der Waals surface area contributed by atoms with Crippen molar-refractivity contribution in [1.29, 1.82) is 5.26 Å². The molecular formula is C27H29N5O5. The molecule has 3 rings (SSSR count). The summed E-state index contributed by atoms with van der Waals surface area (Å²) in [5, 5.41) is 10.8. The molecule has 1 amide bonds. The Morgan fingerprint density at radius 2 is 1.92 bits per heavy atom. The number of benzene rings is 2. The maximum atomic E-state index is 13.3. The minimum absolute atomic E-state index is 0.0430. The number of nitrogen functional groups attached to an aromatic ring is 1. The predicted molar refractivity (Wildman–Crippen MR) is 140 cm³/mol. The summed E-state index contributed by atoms with van der Waals surface area (Å²) >= 11 is 0. The van der Waals surface area contributed by atoms with Gasteiger partial charge in [0.2, 0.25) is 0 Å². The topological polar surface area (TPSA) is 141 Å². The molecule has 1 aromatic heterocycles. The van der Waals surface area contributed by atoms with E-state index in [1.807, 2.05) is 18.2 Å². The van der Waals surface area contributed by atoms with E-state index in [0.29, 0.717) is 22.4 Å². The van der Waals surface area contributed by atoms with Gasteiger partial charge in [-0.05, 0) is 45.2 Å². The molecule has 10 heteroatoms. The minimum Gasteiger partial charge on any atom is -0.495 e. The van der Waals surface area contributed by atoms with Gasteiger partial charge in [-0.3, -0.25) is 4.90 Å². The molecule has 2 aromatic carbocycles. The van der Waals surface area contributed by atoms with Gasteiger partial charge in [-0.25, -0.2) is 19.6 Å². The van der Waals surface area contributed by atoms with Gasteiger partial charge in [-0.2, -0.15) is 5.26 Å². The number of carbonyl (C=O) groups excluding carboxylic acids is 2. The molecule has 0 aliphatic rings. The highest BCUT2D eigenvalue weighted by Crippen LogP contribution is 2.39. The number of hydrogen-bond acceptors (Lipinski definition) is 9. The van der Waals surface area contributed by atoms with Gasteiger partial charge in [0, 0.05) is 16.5 Å². The standard InChI is InChI=1S/C27H29N5O5/c1-7-36-25(33)22-20(29)14-30-24(31-22)18-9-8-17-10-11-21(35-6)23(19(17)12-18)32(15-16(2)13-28)26(34)37-27(3,4)5/h8-12,14H,2,7,15,29H2,1,3-6H3. The van der Waals surface area contributed by atoms with E-state index in [2.05, 4.69) is 16.5 Å². The highest BCUT2D eigenvalue weighted by molar-refractivity contribution is 6.06. The van der Waals surface area contributed by atoms with Crippen LogP contribution in [0.3, 0.4) is 0 Å². The number of amides is 1. The van der Waals surface area contributed by atoms with E-state index in [-0.39, 0.29) is 35.9 Å². The van der Waals surface area contributed by atoms with Crippen LogP contribution in [-0.4, -0.2) is 47.9 Å². The smallest absolute Gasteiger partial charge is 0.415 e. The van der Waals surface area contributed by atoms with Gasteiger partial charge in [-0.1, -0.05) is 24.8 Å². The lowest BCUT2D eigenvalue weighted by Crippen LogP contribution is -2.38. The molecule has 0 aliphatic heterocycles. The Balaban J connectivity index is 2.24. The highest BCUT2D eigenvalue weighted by atomic mass is 16.6. The van der Waals surface area contributed by atoms with Crippen molar-refractivity contribution in [2.45, 2.75) is 33.3 Å². The fourth-order valence-electron chi connectivity index (χ4n) is 3.54. The molecule has 0 aliphatic carbocycles. The lowest BCUT2D eigenvalue weighted by molar-refractivity contribution is 0.0519. The van der Waals surface area contributed by atoms with E-state index in [1.165, 1.54) is 18.2 Å². The highest BCUT2D eigenvalue weighted by Gasteiger charge is 2.28. The summed E-state index contributed by atoms with van der Waals surface area (Å²) in [5.74, 6) is -0.0391. The van der Waals surface area contributed by atoms with Gasteiger partial charge in [0.05, 0.1) is 43.9 Å². The molecule has 0 radical (unpaired) electrons. The van der Waals surface area contributed by atoms with Crippen LogP contribution in [0.5, 0.6) is 5.75 Å². The third kappa shape index (κ3) is 6.13. The number of nitrogens with two attached hydrogens (primary N) is 1. The molecule has 2 N–H and O–H groups in total. The van der Waals surface area contributed by atoms with Crippen molar-refractivity contribution in [2.75, 3.05) is 30.9 Å². The normalized spacial score (nSPS) is 10.9. The molecule has 0 unspecified atom stereocenters.